The van der Waals surface area contributed by atoms with Gasteiger partial charge in [-0.2, -0.15) is 0 Å². The predicted octanol–water partition coefficient (Wildman–Crippen LogP) is 2.55. The van der Waals surface area contributed by atoms with Gasteiger partial charge in [0.25, 0.3) is 0 Å². The molecule has 0 saturated heterocycles. The molecule has 110 valence electrons. The van der Waals surface area contributed by atoms with Crippen LogP contribution >= 0.6 is 0 Å². The van der Waals surface area contributed by atoms with E-state index in [1.807, 2.05) is 24.3 Å². The Balaban J connectivity index is 2.51. The van der Waals surface area contributed by atoms with Crippen molar-refractivity contribution in [2.24, 2.45) is 0 Å². The molecule has 0 spiro atoms. The minimum Gasteiger partial charge on any atom is -0.480 e. The standard InChI is InChI=1S/C16H23NO3/c1-3-5-6-12-7-9-13(10-8-12)11-15(18)17-14(4-2)16(19)20/h7-10,14H,3-6,11H2,1-2H3,(H,17,18)(H,19,20)/t14-/m1/s1. The Labute approximate surface area is 120 Å². The maximum Gasteiger partial charge on any atom is 0.326 e. The van der Waals surface area contributed by atoms with E-state index in [1.54, 1.807) is 6.92 Å². The van der Waals surface area contributed by atoms with Crippen LogP contribution in [0, 0.1) is 0 Å². The Morgan fingerprint density at radius 3 is 2.25 bits per heavy atom. The first kappa shape index (κ1) is 16.2. The second-order valence-corrected chi connectivity index (χ2v) is 4.96. The summed E-state index contributed by atoms with van der Waals surface area (Å²) < 4.78 is 0. The normalized spacial score (nSPS) is 11.9. The Hall–Kier alpha value is -1.84. The number of hydrogen-bond donors (Lipinski definition) is 2. The largest absolute Gasteiger partial charge is 0.480 e. The first-order chi connectivity index (χ1) is 9.56. The van der Waals surface area contributed by atoms with Gasteiger partial charge in [-0.25, -0.2) is 4.79 Å². The Kier molecular flexibility index (Phi) is 6.77. The molecule has 0 aromatic heterocycles. The van der Waals surface area contributed by atoms with Crippen molar-refractivity contribution in [3.8, 4) is 0 Å². The molecule has 2 N–H and O–H groups in total. The zero-order chi connectivity index (χ0) is 15.0. The van der Waals surface area contributed by atoms with E-state index < -0.39 is 12.0 Å². The highest BCUT2D eigenvalue weighted by atomic mass is 16.4. The van der Waals surface area contributed by atoms with E-state index >= 15 is 0 Å². The van der Waals surface area contributed by atoms with E-state index in [9.17, 15) is 9.59 Å². The molecular weight excluding hydrogens is 254 g/mol. The van der Waals surface area contributed by atoms with Crippen molar-refractivity contribution < 1.29 is 14.7 Å². The molecule has 1 rings (SSSR count). The van der Waals surface area contributed by atoms with Crippen LogP contribution in [0.25, 0.3) is 0 Å². The van der Waals surface area contributed by atoms with Gasteiger partial charge in [-0.1, -0.05) is 44.5 Å². The third-order valence-corrected chi connectivity index (χ3v) is 3.25. The van der Waals surface area contributed by atoms with Crippen LogP contribution in [0.15, 0.2) is 24.3 Å². The lowest BCUT2D eigenvalue weighted by atomic mass is 10.0. The maximum atomic E-state index is 11.8. The van der Waals surface area contributed by atoms with Gasteiger partial charge in [0.2, 0.25) is 5.91 Å². The highest BCUT2D eigenvalue weighted by molar-refractivity contribution is 5.84. The molecule has 0 heterocycles. The highest BCUT2D eigenvalue weighted by Gasteiger charge is 2.17. The van der Waals surface area contributed by atoms with E-state index in [-0.39, 0.29) is 12.3 Å². The minimum atomic E-state index is -0.990. The summed E-state index contributed by atoms with van der Waals surface area (Å²) in [5.74, 6) is -1.24. The van der Waals surface area contributed by atoms with Gasteiger partial charge in [0.05, 0.1) is 6.42 Å². The van der Waals surface area contributed by atoms with Gasteiger partial charge in [-0.3, -0.25) is 4.79 Å². The first-order valence-electron chi connectivity index (χ1n) is 7.16. The van der Waals surface area contributed by atoms with Crippen molar-refractivity contribution in [3.05, 3.63) is 35.4 Å². The lowest BCUT2D eigenvalue weighted by molar-refractivity contribution is -0.141. The van der Waals surface area contributed by atoms with Crippen LogP contribution in [0.5, 0.6) is 0 Å². The molecule has 0 fully saturated rings. The Morgan fingerprint density at radius 2 is 1.75 bits per heavy atom. The number of carboxylic acid groups (broad SMARTS) is 1. The smallest absolute Gasteiger partial charge is 0.326 e. The summed E-state index contributed by atoms with van der Waals surface area (Å²) in [5.41, 5.74) is 2.18. The number of nitrogens with one attached hydrogen (secondary N) is 1. The number of carbonyl (C=O) groups is 2. The zero-order valence-corrected chi connectivity index (χ0v) is 12.2. The number of carbonyl (C=O) groups excluding carboxylic acids is 1. The molecule has 0 aliphatic carbocycles. The van der Waals surface area contributed by atoms with Crippen molar-refractivity contribution >= 4 is 11.9 Å². The molecule has 20 heavy (non-hydrogen) atoms. The van der Waals surface area contributed by atoms with Gasteiger partial charge < -0.3 is 10.4 Å². The van der Waals surface area contributed by atoms with Crippen LogP contribution in [0.3, 0.4) is 0 Å². The third-order valence-electron chi connectivity index (χ3n) is 3.25. The molecular formula is C16H23NO3. The van der Waals surface area contributed by atoms with E-state index in [0.717, 1.165) is 24.8 Å². The number of carboxylic acids is 1. The SMILES string of the molecule is CCCCc1ccc(CC(=O)N[C@H](CC)C(=O)O)cc1. The van der Waals surface area contributed by atoms with Crippen LogP contribution in [0.4, 0.5) is 0 Å². The Bertz CT molecular complexity index is 440. The van der Waals surface area contributed by atoms with Crippen LogP contribution in [0.2, 0.25) is 0 Å². The van der Waals surface area contributed by atoms with Crippen LogP contribution in [-0.4, -0.2) is 23.0 Å². The molecule has 1 aromatic carbocycles. The first-order valence-corrected chi connectivity index (χ1v) is 7.16. The fraction of sp³-hybridized carbons (Fsp3) is 0.500. The van der Waals surface area contributed by atoms with Gasteiger partial charge in [0.15, 0.2) is 0 Å². The predicted molar refractivity (Wildman–Crippen MR) is 78.6 cm³/mol. The van der Waals surface area contributed by atoms with Gasteiger partial charge in [0, 0.05) is 0 Å². The van der Waals surface area contributed by atoms with E-state index in [2.05, 4.69) is 12.2 Å². The molecule has 0 aliphatic rings. The van der Waals surface area contributed by atoms with Crippen molar-refractivity contribution in [1.82, 2.24) is 5.32 Å². The van der Waals surface area contributed by atoms with E-state index in [4.69, 9.17) is 5.11 Å². The molecule has 1 atom stereocenters. The summed E-state index contributed by atoms with van der Waals surface area (Å²) in [6.45, 7) is 3.90. The topological polar surface area (TPSA) is 66.4 Å². The summed E-state index contributed by atoms with van der Waals surface area (Å²) in [5, 5.41) is 11.4. The number of unbranched alkanes of at least 4 members (excludes halogenated alkanes) is 1. The minimum absolute atomic E-state index is 0.220. The van der Waals surface area contributed by atoms with Crippen molar-refractivity contribution in [2.75, 3.05) is 0 Å². The number of benzene rings is 1. The second kappa shape index (κ2) is 8.35. The molecule has 0 aliphatic heterocycles. The lowest BCUT2D eigenvalue weighted by Crippen LogP contribution is -2.40. The fourth-order valence-corrected chi connectivity index (χ4v) is 1.97. The van der Waals surface area contributed by atoms with Gasteiger partial charge >= 0.3 is 5.97 Å². The molecule has 0 radical (unpaired) electrons. The molecule has 4 nitrogen and oxygen atoms in total. The average molecular weight is 277 g/mol. The van der Waals surface area contributed by atoms with E-state index in [1.165, 1.54) is 5.56 Å². The Morgan fingerprint density at radius 1 is 1.15 bits per heavy atom. The average Bonchev–Trinajstić information content (AvgIpc) is 2.43. The lowest BCUT2D eigenvalue weighted by Gasteiger charge is -2.12. The summed E-state index contributed by atoms with van der Waals surface area (Å²) in [6.07, 6.45) is 3.99. The molecule has 1 aromatic rings. The molecule has 0 bridgehead atoms. The van der Waals surface area contributed by atoms with Crippen LogP contribution < -0.4 is 5.32 Å². The fourth-order valence-electron chi connectivity index (χ4n) is 1.97. The van der Waals surface area contributed by atoms with Crippen molar-refractivity contribution in [3.63, 3.8) is 0 Å². The quantitative estimate of drug-likeness (QED) is 0.767. The van der Waals surface area contributed by atoms with Crippen molar-refractivity contribution in [1.29, 1.82) is 0 Å². The summed E-state index contributed by atoms with van der Waals surface area (Å²) in [4.78, 5) is 22.6. The van der Waals surface area contributed by atoms with Crippen LogP contribution in [0.1, 0.15) is 44.2 Å². The number of aryl methyl sites for hydroxylation is 1. The number of amides is 1. The van der Waals surface area contributed by atoms with Gasteiger partial charge in [0.1, 0.15) is 6.04 Å². The number of hydrogen-bond acceptors (Lipinski definition) is 2. The molecule has 1 amide bonds. The van der Waals surface area contributed by atoms with Gasteiger partial charge in [-0.05, 0) is 30.4 Å². The van der Waals surface area contributed by atoms with Crippen LogP contribution in [-0.2, 0) is 22.4 Å². The highest BCUT2D eigenvalue weighted by Crippen LogP contribution is 2.08. The summed E-state index contributed by atoms with van der Waals surface area (Å²) >= 11 is 0. The summed E-state index contributed by atoms with van der Waals surface area (Å²) in [6, 6.07) is 7.14. The summed E-state index contributed by atoms with van der Waals surface area (Å²) in [7, 11) is 0. The molecule has 4 heteroatoms. The van der Waals surface area contributed by atoms with E-state index in [0.29, 0.717) is 6.42 Å². The van der Waals surface area contributed by atoms with Gasteiger partial charge in [-0.15, -0.1) is 0 Å². The van der Waals surface area contributed by atoms with Crippen molar-refractivity contribution in [2.45, 2.75) is 52.0 Å². The second-order valence-electron chi connectivity index (χ2n) is 4.96. The zero-order valence-electron chi connectivity index (χ0n) is 12.2. The number of rotatable bonds is 8. The maximum absolute atomic E-state index is 11.8. The monoisotopic (exact) mass is 277 g/mol. The third kappa shape index (κ3) is 5.43. The number of aliphatic carboxylic acids is 1. The molecule has 0 saturated carbocycles. The molecule has 0 unspecified atom stereocenters.